The molecule has 0 atom stereocenters. The summed E-state index contributed by atoms with van der Waals surface area (Å²) in [5.41, 5.74) is 7.01. The maximum Gasteiger partial charge on any atom is 0.306 e. The molecule has 0 radical (unpaired) electrons. The lowest BCUT2D eigenvalue weighted by molar-refractivity contribution is -0.148. The second kappa shape index (κ2) is 10.3. The van der Waals surface area contributed by atoms with E-state index in [0.717, 1.165) is 39.5 Å². The van der Waals surface area contributed by atoms with E-state index in [1.54, 1.807) is 4.68 Å². The van der Waals surface area contributed by atoms with Gasteiger partial charge in [0.1, 0.15) is 0 Å². The number of carbonyl (C=O) groups is 2. The van der Waals surface area contributed by atoms with Gasteiger partial charge in [0.2, 0.25) is 0 Å². The van der Waals surface area contributed by atoms with Gasteiger partial charge in [0.25, 0.3) is 5.91 Å². The maximum absolute atomic E-state index is 12.2. The fraction of sp³-hybridized carbons (Fsp3) is 0.417. The third-order valence-corrected chi connectivity index (χ3v) is 5.77. The van der Waals surface area contributed by atoms with Gasteiger partial charge in [-0.05, 0) is 45.2 Å². The van der Waals surface area contributed by atoms with E-state index in [-0.39, 0.29) is 18.9 Å². The highest BCUT2D eigenvalue weighted by molar-refractivity contribution is 5.80. The second-order valence-electron chi connectivity index (χ2n) is 8.00. The van der Waals surface area contributed by atoms with E-state index in [4.69, 9.17) is 4.74 Å². The average Bonchev–Trinajstić information content (AvgIpc) is 3.17. The first-order chi connectivity index (χ1) is 15.3. The molecule has 170 valence electrons. The molecule has 2 aromatic heterocycles. The van der Waals surface area contributed by atoms with Crippen molar-refractivity contribution in [1.82, 2.24) is 24.9 Å². The number of benzene rings is 1. The molecule has 0 spiro atoms. The van der Waals surface area contributed by atoms with Crippen molar-refractivity contribution in [3.05, 3.63) is 69.8 Å². The van der Waals surface area contributed by atoms with Crippen molar-refractivity contribution in [2.45, 2.75) is 53.6 Å². The summed E-state index contributed by atoms with van der Waals surface area (Å²) in [4.78, 5) is 24.3. The fourth-order valence-electron chi connectivity index (χ4n) is 3.76. The number of esters is 1. The van der Waals surface area contributed by atoms with Crippen LogP contribution in [0.15, 0.2) is 30.3 Å². The molecule has 1 N–H and O–H groups in total. The molecular weight excluding hydrogens is 406 g/mol. The Labute approximate surface area is 188 Å². The predicted molar refractivity (Wildman–Crippen MR) is 121 cm³/mol. The number of nitrogens with zero attached hydrogens (tertiary/aromatic N) is 4. The minimum atomic E-state index is -0.397. The third-order valence-electron chi connectivity index (χ3n) is 5.77. The zero-order valence-corrected chi connectivity index (χ0v) is 19.4. The van der Waals surface area contributed by atoms with Crippen molar-refractivity contribution >= 4 is 11.9 Å². The minimum Gasteiger partial charge on any atom is -0.456 e. The molecule has 0 fully saturated rings. The number of aromatic nitrogens is 4. The first kappa shape index (κ1) is 23.2. The normalized spacial score (nSPS) is 10.9. The zero-order valence-electron chi connectivity index (χ0n) is 19.4. The Morgan fingerprint density at radius 3 is 2.31 bits per heavy atom. The summed E-state index contributed by atoms with van der Waals surface area (Å²) in [5, 5.41) is 11.8. The molecule has 0 bridgehead atoms. The van der Waals surface area contributed by atoms with Crippen LogP contribution in [-0.2, 0) is 40.9 Å². The van der Waals surface area contributed by atoms with Gasteiger partial charge in [0, 0.05) is 37.0 Å². The molecule has 2 heterocycles. The molecule has 3 rings (SSSR count). The molecule has 0 aliphatic heterocycles. The third kappa shape index (κ3) is 5.63. The van der Waals surface area contributed by atoms with Gasteiger partial charge < -0.3 is 10.1 Å². The van der Waals surface area contributed by atoms with Crippen LogP contribution in [0.2, 0.25) is 0 Å². The Hall–Kier alpha value is -3.42. The van der Waals surface area contributed by atoms with E-state index in [9.17, 15) is 9.59 Å². The monoisotopic (exact) mass is 437 g/mol. The molecule has 0 aliphatic carbocycles. The van der Waals surface area contributed by atoms with Crippen molar-refractivity contribution in [1.29, 1.82) is 0 Å². The number of nitrogens with one attached hydrogen (secondary N) is 1. The maximum atomic E-state index is 12.2. The number of amides is 1. The number of aryl methyl sites for hydroxylation is 3. The Morgan fingerprint density at radius 1 is 0.969 bits per heavy atom. The highest BCUT2D eigenvalue weighted by atomic mass is 16.5. The molecule has 8 nitrogen and oxygen atoms in total. The molecule has 3 aromatic rings. The van der Waals surface area contributed by atoms with E-state index in [1.165, 1.54) is 0 Å². The molecule has 0 saturated carbocycles. The lowest BCUT2D eigenvalue weighted by Gasteiger charge is -2.08. The van der Waals surface area contributed by atoms with Crippen LogP contribution in [0.4, 0.5) is 0 Å². The van der Waals surface area contributed by atoms with E-state index in [1.807, 2.05) is 57.6 Å². The largest absolute Gasteiger partial charge is 0.456 e. The van der Waals surface area contributed by atoms with Crippen LogP contribution < -0.4 is 5.32 Å². The van der Waals surface area contributed by atoms with Gasteiger partial charge in [-0.2, -0.15) is 10.2 Å². The van der Waals surface area contributed by atoms with Crippen molar-refractivity contribution in [3.63, 3.8) is 0 Å². The summed E-state index contributed by atoms with van der Waals surface area (Å²) in [6, 6.07) is 10.1. The Kier molecular flexibility index (Phi) is 7.45. The summed E-state index contributed by atoms with van der Waals surface area (Å²) in [5.74, 6) is -0.729. The molecule has 0 unspecified atom stereocenters. The SMILES string of the molecule is Cc1nn(C)c(C)c1CCC(=O)OCC(=O)NCc1c(C)nn(Cc2ccccc2)c1C. The number of rotatable bonds is 9. The Morgan fingerprint density at radius 2 is 1.66 bits per heavy atom. The van der Waals surface area contributed by atoms with Crippen molar-refractivity contribution < 1.29 is 14.3 Å². The van der Waals surface area contributed by atoms with E-state index < -0.39 is 5.97 Å². The average molecular weight is 438 g/mol. The minimum absolute atomic E-state index is 0.213. The van der Waals surface area contributed by atoms with Crippen LogP contribution in [-0.4, -0.2) is 38.0 Å². The quantitative estimate of drug-likeness (QED) is 0.520. The van der Waals surface area contributed by atoms with E-state index >= 15 is 0 Å². The van der Waals surface area contributed by atoms with Crippen LogP contribution in [0, 0.1) is 27.7 Å². The van der Waals surface area contributed by atoms with Crippen LogP contribution >= 0.6 is 0 Å². The first-order valence-electron chi connectivity index (χ1n) is 10.7. The van der Waals surface area contributed by atoms with Crippen LogP contribution in [0.25, 0.3) is 0 Å². The first-order valence-corrected chi connectivity index (χ1v) is 10.7. The highest BCUT2D eigenvalue weighted by Crippen LogP contribution is 2.15. The summed E-state index contributed by atoms with van der Waals surface area (Å²) >= 11 is 0. The zero-order chi connectivity index (χ0) is 23.3. The van der Waals surface area contributed by atoms with Gasteiger partial charge in [-0.3, -0.25) is 19.0 Å². The molecule has 8 heteroatoms. The Balaban J connectivity index is 1.46. The van der Waals surface area contributed by atoms with Gasteiger partial charge in [-0.1, -0.05) is 30.3 Å². The topological polar surface area (TPSA) is 91.0 Å². The lowest BCUT2D eigenvalue weighted by Crippen LogP contribution is -2.28. The molecule has 1 amide bonds. The summed E-state index contributed by atoms with van der Waals surface area (Å²) in [6.07, 6.45) is 0.760. The van der Waals surface area contributed by atoms with E-state index in [2.05, 4.69) is 27.6 Å². The Bertz CT molecular complexity index is 1100. The molecule has 0 saturated heterocycles. The molecule has 1 aromatic carbocycles. The summed E-state index contributed by atoms with van der Waals surface area (Å²) < 4.78 is 8.89. The second-order valence-corrected chi connectivity index (χ2v) is 8.00. The summed E-state index contributed by atoms with van der Waals surface area (Å²) in [6.45, 7) is 8.55. The number of carbonyl (C=O) groups excluding carboxylic acids is 2. The number of hydrogen-bond acceptors (Lipinski definition) is 5. The van der Waals surface area contributed by atoms with Crippen LogP contribution in [0.5, 0.6) is 0 Å². The van der Waals surface area contributed by atoms with Crippen molar-refractivity contribution in [3.8, 4) is 0 Å². The van der Waals surface area contributed by atoms with Gasteiger partial charge in [0.05, 0.1) is 17.9 Å². The smallest absolute Gasteiger partial charge is 0.306 e. The van der Waals surface area contributed by atoms with Gasteiger partial charge in [0.15, 0.2) is 6.61 Å². The van der Waals surface area contributed by atoms with Crippen molar-refractivity contribution in [2.75, 3.05) is 6.61 Å². The fourth-order valence-corrected chi connectivity index (χ4v) is 3.76. The standard InChI is InChI=1S/C24H31N5O3/c1-16-21(18(3)28(5)26-16)11-12-24(31)32-15-23(30)25-13-22-17(2)27-29(19(22)4)14-20-9-7-6-8-10-20/h6-10H,11-15H2,1-5H3,(H,25,30). The molecule has 0 aliphatic rings. The van der Waals surface area contributed by atoms with Crippen molar-refractivity contribution in [2.24, 2.45) is 7.05 Å². The lowest BCUT2D eigenvalue weighted by atomic mass is 10.1. The van der Waals surface area contributed by atoms with Gasteiger partial charge >= 0.3 is 5.97 Å². The van der Waals surface area contributed by atoms with Gasteiger partial charge in [-0.15, -0.1) is 0 Å². The number of hydrogen-bond donors (Lipinski definition) is 1. The van der Waals surface area contributed by atoms with E-state index in [0.29, 0.717) is 19.5 Å². The molecule has 32 heavy (non-hydrogen) atoms. The summed E-state index contributed by atoms with van der Waals surface area (Å²) in [7, 11) is 1.88. The van der Waals surface area contributed by atoms with Crippen LogP contribution in [0.1, 0.15) is 45.9 Å². The van der Waals surface area contributed by atoms with Gasteiger partial charge in [-0.25, -0.2) is 0 Å². The van der Waals surface area contributed by atoms with Crippen LogP contribution in [0.3, 0.4) is 0 Å². The highest BCUT2D eigenvalue weighted by Gasteiger charge is 2.15. The molecular formula is C24H31N5O3. The number of ether oxygens (including phenoxy) is 1. The predicted octanol–water partition coefficient (Wildman–Crippen LogP) is 2.69.